The number of aromatic amines is 1. The third-order valence-corrected chi connectivity index (χ3v) is 11.6. The number of carbonyl (C=O) groups is 1. The molecule has 6 heterocycles. The number of hydrogen-bond acceptors (Lipinski definition) is 5. The Kier molecular flexibility index (Phi) is 7.68. The van der Waals surface area contributed by atoms with Gasteiger partial charge in [-0.25, -0.2) is 0 Å². The molecule has 4 aromatic rings. The average Bonchev–Trinajstić information content (AvgIpc) is 3.77. The molecule has 7 heteroatoms. The van der Waals surface area contributed by atoms with Crippen molar-refractivity contribution in [3.63, 3.8) is 0 Å². The van der Waals surface area contributed by atoms with Crippen molar-refractivity contribution >= 4 is 27.5 Å². The Morgan fingerprint density at radius 2 is 1.63 bits per heavy atom. The van der Waals surface area contributed by atoms with E-state index in [1.807, 2.05) is 12.3 Å². The van der Waals surface area contributed by atoms with Crippen LogP contribution >= 0.6 is 11.3 Å². The molecule has 0 atom stereocenters. The molecule has 2 bridgehead atoms. The van der Waals surface area contributed by atoms with Gasteiger partial charge in [0.1, 0.15) is 4.83 Å². The molecule has 3 aromatic heterocycles. The maximum Gasteiger partial charge on any atom is 0.233 e. The number of carbonyl (C=O) groups excluding carboxylic acids is 1. The number of amides is 1. The molecule has 3 aliphatic rings. The van der Waals surface area contributed by atoms with Gasteiger partial charge in [0.15, 0.2) is 0 Å². The van der Waals surface area contributed by atoms with E-state index in [2.05, 4.69) is 88.8 Å². The van der Waals surface area contributed by atoms with Crippen LogP contribution in [0.15, 0.2) is 48.7 Å². The summed E-state index contributed by atoms with van der Waals surface area (Å²) in [5.41, 5.74) is 7.11. The first-order chi connectivity index (χ1) is 20.8. The molecule has 0 spiro atoms. The lowest BCUT2D eigenvalue weighted by atomic mass is 9.88. The predicted octanol–water partition coefficient (Wildman–Crippen LogP) is 6.70. The second-order valence-electron chi connectivity index (χ2n) is 13.7. The summed E-state index contributed by atoms with van der Waals surface area (Å²) in [5, 5.41) is 1.30. The molecule has 6 nitrogen and oxygen atoms in total. The highest BCUT2D eigenvalue weighted by molar-refractivity contribution is 7.19. The molecule has 3 aliphatic heterocycles. The lowest BCUT2D eigenvalue weighted by Crippen LogP contribution is -2.46. The Balaban J connectivity index is 1.13. The third-order valence-electron chi connectivity index (χ3n) is 10.2. The molecule has 1 N–H and O–H groups in total. The highest BCUT2D eigenvalue weighted by Gasteiger charge is 2.47. The van der Waals surface area contributed by atoms with Crippen molar-refractivity contribution in [3.8, 4) is 11.3 Å². The van der Waals surface area contributed by atoms with Gasteiger partial charge in [0, 0.05) is 67.8 Å². The Labute approximate surface area is 260 Å². The average molecular weight is 596 g/mol. The van der Waals surface area contributed by atoms with E-state index in [-0.39, 0.29) is 0 Å². The minimum atomic E-state index is -0.517. The van der Waals surface area contributed by atoms with Gasteiger partial charge >= 0.3 is 0 Å². The zero-order valence-corrected chi connectivity index (χ0v) is 27.0. The smallest absolute Gasteiger partial charge is 0.233 e. The Hall–Kier alpha value is -3.00. The lowest BCUT2D eigenvalue weighted by molar-refractivity contribution is -0.137. The molecule has 0 aliphatic carbocycles. The summed E-state index contributed by atoms with van der Waals surface area (Å²) in [6.07, 6.45) is 7.59. The summed E-state index contributed by atoms with van der Waals surface area (Å²) in [5.74, 6) is 0.320. The van der Waals surface area contributed by atoms with Crippen molar-refractivity contribution in [1.29, 1.82) is 0 Å². The standard InChI is InChI=1S/C36H45N5OS/c1-24-19-25(2)21-26(20-24)33-30(12-14-39-15-17-40(18-16-39)23-27-7-5-6-13-37-27)31-22-32(43-34(31)38-33)36(3,4)35(42)41-28-8-9-29(41)11-10-28/h5-7,13,19-22,28-29,38H,8-12,14-18,23H2,1-4H3. The van der Waals surface area contributed by atoms with Crippen LogP contribution in [0.1, 0.15) is 66.8 Å². The molecule has 3 fully saturated rings. The summed E-state index contributed by atoms with van der Waals surface area (Å²) in [7, 11) is 0. The number of H-pyrrole nitrogens is 1. The van der Waals surface area contributed by atoms with E-state index in [4.69, 9.17) is 0 Å². The van der Waals surface area contributed by atoms with Crippen molar-refractivity contribution in [3.05, 3.63) is 75.9 Å². The van der Waals surface area contributed by atoms with E-state index in [9.17, 15) is 4.79 Å². The quantitative estimate of drug-likeness (QED) is 0.246. The molecule has 0 saturated carbocycles. The summed E-state index contributed by atoms with van der Waals surface area (Å²) in [6.45, 7) is 14.9. The Bertz CT molecular complexity index is 1570. The van der Waals surface area contributed by atoms with Gasteiger partial charge < -0.3 is 14.8 Å². The van der Waals surface area contributed by atoms with Gasteiger partial charge in [-0.1, -0.05) is 23.3 Å². The summed E-state index contributed by atoms with van der Waals surface area (Å²) < 4.78 is 0. The van der Waals surface area contributed by atoms with Crippen LogP contribution in [0.25, 0.3) is 21.5 Å². The molecular formula is C36H45N5OS. The van der Waals surface area contributed by atoms with E-state index in [0.717, 1.165) is 51.4 Å². The van der Waals surface area contributed by atoms with Crippen LogP contribution in [-0.2, 0) is 23.2 Å². The van der Waals surface area contributed by atoms with Crippen molar-refractivity contribution in [2.45, 2.75) is 83.8 Å². The fourth-order valence-corrected chi connectivity index (χ4v) is 8.98. The number of nitrogens with one attached hydrogen (secondary N) is 1. The molecule has 1 amide bonds. The van der Waals surface area contributed by atoms with Crippen molar-refractivity contribution in [2.24, 2.45) is 0 Å². The van der Waals surface area contributed by atoms with E-state index in [1.165, 1.54) is 68.7 Å². The van der Waals surface area contributed by atoms with Crippen LogP contribution in [0.2, 0.25) is 0 Å². The Morgan fingerprint density at radius 1 is 0.953 bits per heavy atom. The number of pyridine rings is 1. The van der Waals surface area contributed by atoms with Crippen LogP contribution < -0.4 is 0 Å². The van der Waals surface area contributed by atoms with E-state index < -0.39 is 5.41 Å². The third kappa shape index (κ3) is 5.56. The number of nitrogens with zero attached hydrogens (tertiary/aromatic N) is 4. The Morgan fingerprint density at radius 3 is 2.28 bits per heavy atom. The van der Waals surface area contributed by atoms with Gasteiger partial charge in [-0.3, -0.25) is 14.7 Å². The second-order valence-corrected chi connectivity index (χ2v) is 14.7. The molecule has 0 unspecified atom stereocenters. The maximum atomic E-state index is 14.0. The highest BCUT2D eigenvalue weighted by atomic mass is 32.1. The van der Waals surface area contributed by atoms with Crippen molar-refractivity contribution < 1.29 is 4.79 Å². The number of aryl methyl sites for hydroxylation is 2. The first kappa shape index (κ1) is 28.8. The second kappa shape index (κ2) is 11.5. The fraction of sp³-hybridized carbons (Fsp3) is 0.500. The van der Waals surface area contributed by atoms with Gasteiger partial charge in [0.25, 0.3) is 0 Å². The van der Waals surface area contributed by atoms with Gasteiger partial charge in [-0.2, -0.15) is 0 Å². The fourth-order valence-electron chi connectivity index (χ4n) is 7.80. The van der Waals surface area contributed by atoms with Crippen LogP contribution in [0, 0.1) is 13.8 Å². The molecule has 43 heavy (non-hydrogen) atoms. The molecular weight excluding hydrogens is 550 g/mol. The summed E-state index contributed by atoms with van der Waals surface area (Å²) >= 11 is 1.79. The van der Waals surface area contributed by atoms with Crippen LogP contribution in [0.4, 0.5) is 0 Å². The number of rotatable bonds is 8. The number of thiophene rings is 1. The van der Waals surface area contributed by atoms with Gasteiger partial charge in [0.2, 0.25) is 5.91 Å². The van der Waals surface area contributed by atoms with Gasteiger partial charge in [0.05, 0.1) is 16.8 Å². The van der Waals surface area contributed by atoms with Crippen LogP contribution in [-0.4, -0.2) is 75.4 Å². The minimum absolute atomic E-state index is 0.320. The maximum absolute atomic E-state index is 14.0. The zero-order chi connectivity index (χ0) is 29.7. The first-order valence-electron chi connectivity index (χ1n) is 16.2. The topological polar surface area (TPSA) is 55.5 Å². The number of hydrogen-bond donors (Lipinski definition) is 1. The molecule has 3 saturated heterocycles. The van der Waals surface area contributed by atoms with Crippen LogP contribution in [0.3, 0.4) is 0 Å². The predicted molar refractivity (Wildman–Crippen MR) is 177 cm³/mol. The monoisotopic (exact) mass is 595 g/mol. The van der Waals surface area contributed by atoms with E-state index in [0.29, 0.717) is 18.0 Å². The molecule has 7 rings (SSSR count). The number of aromatic nitrogens is 2. The first-order valence-corrected chi connectivity index (χ1v) is 17.0. The van der Waals surface area contributed by atoms with E-state index in [1.54, 1.807) is 11.3 Å². The number of benzene rings is 1. The van der Waals surface area contributed by atoms with Gasteiger partial charge in [-0.15, -0.1) is 11.3 Å². The molecule has 226 valence electrons. The highest BCUT2D eigenvalue weighted by Crippen LogP contribution is 2.44. The van der Waals surface area contributed by atoms with Crippen molar-refractivity contribution in [1.82, 2.24) is 24.7 Å². The van der Waals surface area contributed by atoms with Crippen LogP contribution in [0.5, 0.6) is 0 Å². The SMILES string of the molecule is Cc1cc(C)cc(-c2[nH]c3sc(C(C)(C)C(=O)N4C5CCC4CC5)cc3c2CCN2CCN(Cc3ccccn3)CC2)c1. The van der Waals surface area contributed by atoms with E-state index >= 15 is 0 Å². The van der Waals surface area contributed by atoms with Crippen molar-refractivity contribution in [2.75, 3.05) is 32.7 Å². The largest absolute Gasteiger partial charge is 0.346 e. The molecule has 0 radical (unpaired) electrons. The summed E-state index contributed by atoms with van der Waals surface area (Å²) in [6, 6.07) is 16.3. The normalized spacial score (nSPS) is 21.3. The molecule has 1 aromatic carbocycles. The summed E-state index contributed by atoms with van der Waals surface area (Å²) in [4.78, 5) is 32.1. The minimum Gasteiger partial charge on any atom is -0.346 e. The lowest BCUT2D eigenvalue weighted by Gasteiger charge is -2.34. The number of fused-ring (bicyclic) bond motifs is 3. The van der Waals surface area contributed by atoms with Gasteiger partial charge in [-0.05, 0) is 101 Å². The number of piperazine rings is 1. The zero-order valence-electron chi connectivity index (χ0n) is 26.2.